The molecule has 1 spiro atoms. The second-order valence-corrected chi connectivity index (χ2v) is 18.5. The fraction of sp³-hybridized carbons (Fsp3) is 0.633. The molecule has 0 amide bonds. The Bertz CT molecular complexity index is 1750. The molecule has 0 radical (unpaired) electrons. The van der Waals surface area contributed by atoms with E-state index in [2.05, 4.69) is 28.6 Å². The van der Waals surface area contributed by atoms with Crippen molar-refractivity contribution in [2.24, 2.45) is 57.3 Å². The molecular formula is C49H81N9O5. The highest BCUT2D eigenvalue weighted by atomic mass is 16.4. The number of carbonyl (C=O) groups is 3. The molecule has 0 bridgehead atoms. The molecular weight excluding hydrogens is 795 g/mol. The molecule has 352 valence electrons. The summed E-state index contributed by atoms with van der Waals surface area (Å²) < 4.78 is 0. The first-order chi connectivity index (χ1) is 29.9. The minimum atomic E-state index is -0.685. The molecule has 14 nitrogen and oxygen atoms in total. The van der Waals surface area contributed by atoms with Crippen molar-refractivity contribution in [1.29, 1.82) is 5.41 Å². The molecule has 14 heteroatoms. The van der Waals surface area contributed by atoms with Crippen molar-refractivity contribution in [3.05, 3.63) is 59.2 Å². The van der Waals surface area contributed by atoms with Gasteiger partial charge in [-0.3, -0.25) is 9.69 Å². The number of aliphatic carboxylic acids is 1. The number of piperidine rings is 1. The fourth-order valence-electron chi connectivity index (χ4n) is 8.75. The average Bonchev–Trinajstić information content (AvgIpc) is 3.67. The number of rotatable bonds is 10. The molecule has 4 fully saturated rings. The minimum Gasteiger partial charge on any atom is -0.507 e. The van der Waals surface area contributed by atoms with Gasteiger partial charge in [-0.2, -0.15) is 0 Å². The first-order valence-electron chi connectivity index (χ1n) is 22.9. The largest absolute Gasteiger partial charge is 0.507 e. The molecule has 5 aliphatic rings. The number of nitrogens with zero attached hydrogens (tertiary/aromatic N) is 3. The Balaban J connectivity index is 0.000000312. The van der Waals surface area contributed by atoms with Crippen LogP contribution in [-0.4, -0.2) is 108 Å². The number of phenolic OH excluding ortho intramolecular Hbond substituents is 1. The number of carboxylic acids is 1. The SMILES string of the molecule is CC.CC(C)(C)C(N)C=O.CCC1CC#CCN(C(/C=C(\N)c2ccccc2O)=C(N)N)CC1.CN1CCCC1C(=O)O.N=C/C(=C\N)C1CCN(C2CC3(CC(C=O)C3)C2)CC1. The number of para-hydroxylation sites is 1. The van der Waals surface area contributed by atoms with Crippen LogP contribution < -0.4 is 28.7 Å². The summed E-state index contributed by atoms with van der Waals surface area (Å²) in [7, 11) is 1.85. The molecule has 1 aromatic carbocycles. The van der Waals surface area contributed by atoms with E-state index in [1.165, 1.54) is 19.1 Å². The van der Waals surface area contributed by atoms with E-state index in [4.69, 9.17) is 39.2 Å². The normalized spacial score (nSPS) is 25.5. The maximum Gasteiger partial charge on any atom is 0.320 e. The summed E-state index contributed by atoms with van der Waals surface area (Å²) in [5, 5.41) is 25.9. The molecule has 2 saturated carbocycles. The van der Waals surface area contributed by atoms with Crippen LogP contribution in [0.4, 0.5) is 0 Å². The third-order valence-electron chi connectivity index (χ3n) is 13.1. The number of phenols is 1. The lowest BCUT2D eigenvalue weighted by atomic mass is 9.50. The van der Waals surface area contributed by atoms with E-state index >= 15 is 0 Å². The molecule has 0 aromatic heterocycles. The Morgan fingerprint density at radius 2 is 1.62 bits per heavy atom. The molecule has 2 aliphatic carbocycles. The number of carboxylic acid groups (broad SMARTS) is 1. The number of hydrogen-bond donors (Lipinski definition) is 8. The third-order valence-corrected chi connectivity index (χ3v) is 13.1. The van der Waals surface area contributed by atoms with Crippen molar-refractivity contribution in [3.8, 4) is 17.6 Å². The van der Waals surface area contributed by atoms with Crippen LogP contribution in [0, 0.1) is 45.8 Å². The van der Waals surface area contributed by atoms with Gasteiger partial charge in [0.05, 0.1) is 18.3 Å². The molecule has 6 rings (SSSR count). The zero-order valence-electron chi connectivity index (χ0n) is 39.3. The lowest BCUT2D eigenvalue weighted by Crippen LogP contribution is -2.57. The first-order valence-corrected chi connectivity index (χ1v) is 22.9. The minimum absolute atomic E-state index is 0.0816. The lowest BCUT2D eigenvalue weighted by Gasteiger charge is -2.59. The zero-order valence-corrected chi connectivity index (χ0v) is 39.3. The van der Waals surface area contributed by atoms with Gasteiger partial charge in [0.2, 0.25) is 0 Å². The summed E-state index contributed by atoms with van der Waals surface area (Å²) in [4.78, 5) is 37.7. The van der Waals surface area contributed by atoms with Crippen LogP contribution in [-0.2, 0) is 14.4 Å². The summed E-state index contributed by atoms with van der Waals surface area (Å²) in [6.45, 7) is 16.6. The number of likely N-dealkylation sites (tertiary alicyclic amines) is 2. The smallest absolute Gasteiger partial charge is 0.320 e. The molecule has 63 heavy (non-hydrogen) atoms. The number of allylic oxidation sites excluding steroid dienone is 2. The standard InChI is InChI=1S/C19H26N4O.C16H25N3O.C6H11NO2.C6H13NO.C2H6/c1-2-14-7-5-6-11-23(12-10-14)17(19(21)22)13-16(20)15-8-3-4-9-18(15)24;17-9-14(10-18)13-1-3-19(4-2-13)15-7-16(8-15)5-12(6-16)11-20;1-7-4-2-3-5(7)6(8)9;1-6(2,3)5(7)4-8;1-2/h3-4,8-9,13-14,24H,2,7,10-12,20-22H2,1H3;9-13,15,17H,1-8,18H2;5H,2-4H2,1H3,(H,8,9);4-5H,7H2,1-3H3;1-2H3/b16-13-;14-10+,17-9?;;;. The van der Waals surface area contributed by atoms with Crippen LogP contribution in [0.3, 0.4) is 0 Å². The Kier molecular flexibility index (Phi) is 23.0. The van der Waals surface area contributed by atoms with Gasteiger partial charge in [-0.25, -0.2) is 0 Å². The molecule has 3 heterocycles. The average molecular weight is 876 g/mol. The maximum atomic E-state index is 10.7. The van der Waals surface area contributed by atoms with Crippen molar-refractivity contribution in [2.45, 2.75) is 130 Å². The van der Waals surface area contributed by atoms with Gasteiger partial charge < -0.3 is 63.7 Å². The quantitative estimate of drug-likeness (QED) is 0.0617. The van der Waals surface area contributed by atoms with E-state index in [-0.39, 0.29) is 29.1 Å². The van der Waals surface area contributed by atoms with Gasteiger partial charge in [0.1, 0.15) is 30.2 Å². The lowest BCUT2D eigenvalue weighted by molar-refractivity contribution is -0.141. The topological polar surface area (TPSA) is 255 Å². The monoisotopic (exact) mass is 876 g/mol. The molecule has 3 atom stereocenters. The fourth-order valence-corrected chi connectivity index (χ4v) is 8.75. The van der Waals surface area contributed by atoms with Crippen LogP contribution in [0.25, 0.3) is 5.70 Å². The van der Waals surface area contributed by atoms with E-state index < -0.39 is 5.97 Å². The summed E-state index contributed by atoms with van der Waals surface area (Å²) in [5.41, 5.74) is 32.0. The Morgan fingerprint density at radius 3 is 2.06 bits per heavy atom. The van der Waals surface area contributed by atoms with E-state index in [1.54, 1.807) is 30.5 Å². The Labute approximate surface area is 378 Å². The van der Waals surface area contributed by atoms with Crippen molar-refractivity contribution in [1.82, 2.24) is 14.7 Å². The molecule has 3 aliphatic heterocycles. The van der Waals surface area contributed by atoms with Gasteiger partial charge in [0, 0.05) is 42.4 Å². The van der Waals surface area contributed by atoms with Crippen LogP contribution in [0.5, 0.6) is 5.75 Å². The predicted octanol–water partition coefficient (Wildman–Crippen LogP) is 5.60. The van der Waals surface area contributed by atoms with Gasteiger partial charge in [-0.1, -0.05) is 66.0 Å². The zero-order chi connectivity index (χ0) is 47.3. The van der Waals surface area contributed by atoms with Crippen LogP contribution >= 0.6 is 0 Å². The van der Waals surface area contributed by atoms with E-state index in [1.807, 2.05) is 52.6 Å². The van der Waals surface area contributed by atoms with E-state index in [0.717, 1.165) is 108 Å². The summed E-state index contributed by atoms with van der Waals surface area (Å²) >= 11 is 0. The predicted molar refractivity (Wildman–Crippen MR) is 256 cm³/mol. The first kappa shape index (κ1) is 54.3. The van der Waals surface area contributed by atoms with Gasteiger partial charge >= 0.3 is 5.97 Å². The Hall–Kier alpha value is -4.84. The molecule has 2 saturated heterocycles. The van der Waals surface area contributed by atoms with Gasteiger partial charge in [-0.15, -0.1) is 5.92 Å². The highest BCUT2D eigenvalue weighted by molar-refractivity contribution is 5.76. The van der Waals surface area contributed by atoms with E-state index in [9.17, 15) is 19.5 Å². The van der Waals surface area contributed by atoms with Gasteiger partial charge in [-0.05, 0) is 137 Å². The van der Waals surface area contributed by atoms with Crippen molar-refractivity contribution in [2.75, 3.05) is 39.8 Å². The van der Waals surface area contributed by atoms with Gasteiger partial charge in [0.15, 0.2) is 0 Å². The van der Waals surface area contributed by atoms with Crippen LogP contribution in [0.1, 0.15) is 118 Å². The summed E-state index contributed by atoms with van der Waals surface area (Å²) in [6, 6.07) is 7.11. The number of aldehydes is 2. The second-order valence-electron chi connectivity index (χ2n) is 18.5. The van der Waals surface area contributed by atoms with Gasteiger partial charge in [0.25, 0.3) is 0 Å². The second kappa shape index (κ2) is 26.7. The van der Waals surface area contributed by atoms with Crippen LogP contribution in [0.15, 0.2) is 53.6 Å². The number of benzene rings is 1. The number of nitrogens with one attached hydrogen (secondary N) is 1. The van der Waals surface area contributed by atoms with E-state index in [0.29, 0.717) is 46.7 Å². The number of aromatic hydroxyl groups is 1. The molecule has 13 N–H and O–H groups in total. The number of nitrogens with two attached hydrogens (primary N) is 5. The number of carbonyl (C=O) groups excluding carboxylic acids is 2. The summed E-state index contributed by atoms with van der Waals surface area (Å²) in [6.07, 6.45) is 18.7. The third kappa shape index (κ3) is 16.7. The van der Waals surface area contributed by atoms with Crippen molar-refractivity contribution in [3.63, 3.8) is 0 Å². The maximum absolute atomic E-state index is 10.7. The number of likely N-dealkylation sites (N-methyl/N-ethyl adjacent to an activating group) is 1. The van der Waals surface area contributed by atoms with Crippen LogP contribution in [0.2, 0.25) is 0 Å². The van der Waals surface area contributed by atoms with Crippen molar-refractivity contribution >= 4 is 30.5 Å². The number of hydrogen-bond acceptors (Lipinski definition) is 13. The highest BCUT2D eigenvalue weighted by Gasteiger charge is 2.54. The highest BCUT2D eigenvalue weighted by Crippen LogP contribution is 2.59. The summed E-state index contributed by atoms with van der Waals surface area (Å²) in [5.74, 6) is 7.44. The molecule has 1 aromatic rings. The van der Waals surface area contributed by atoms with Crippen molar-refractivity contribution < 1.29 is 24.6 Å². The Morgan fingerprint density at radius 1 is 0.984 bits per heavy atom. The molecule has 3 unspecified atom stereocenters.